The highest BCUT2D eigenvalue weighted by Crippen LogP contribution is 2.32. The van der Waals surface area contributed by atoms with Crippen LogP contribution >= 0.6 is 23.2 Å². The number of phenols is 1. The van der Waals surface area contributed by atoms with Crippen molar-refractivity contribution in [3.05, 3.63) is 46.6 Å². The van der Waals surface area contributed by atoms with Gasteiger partial charge in [-0.2, -0.15) is 4.98 Å². The lowest BCUT2D eigenvalue weighted by Crippen LogP contribution is -1.86. The molecule has 0 aliphatic rings. The van der Waals surface area contributed by atoms with Gasteiger partial charge in [0, 0.05) is 11.2 Å². The lowest BCUT2D eigenvalue weighted by Gasteiger charge is -1.99. The quantitative estimate of drug-likeness (QED) is 0.779. The summed E-state index contributed by atoms with van der Waals surface area (Å²) in [6.45, 7) is 0. The molecule has 0 aliphatic carbocycles. The molecule has 1 N–H and O–H groups in total. The van der Waals surface area contributed by atoms with Crippen LogP contribution in [0.1, 0.15) is 0 Å². The number of nitrogens with zero attached hydrogens (tertiary/aromatic N) is 3. The molecular formula is C13H7Cl2N3O2. The minimum absolute atomic E-state index is 0.0418. The van der Waals surface area contributed by atoms with Crippen LogP contribution in [-0.4, -0.2) is 20.2 Å². The monoisotopic (exact) mass is 307 g/mol. The summed E-state index contributed by atoms with van der Waals surface area (Å²) in [5.41, 5.74) is 0.804. The van der Waals surface area contributed by atoms with Crippen LogP contribution in [0.4, 0.5) is 0 Å². The summed E-state index contributed by atoms with van der Waals surface area (Å²) >= 11 is 11.8. The highest BCUT2D eigenvalue weighted by molar-refractivity contribution is 6.32. The maximum atomic E-state index is 9.83. The number of hydrogen-bond acceptors (Lipinski definition) is 5. The fourth-order valence-corrected chi connectivity index (χ4v) is 2.04. The van der Waals surface area contributed by atoms with Gasteiger partial charge < -0.3 is 9.63 Å². The van der Waals surface area contributed by atoms with E-state index in [1.807, 2.05) is 0 Å². The van der Waals surface area contributed by atoms with Crippen LogP contribution in [0, 0.1) is 0 Å². The Hall–Kier alpha value is -2.11. The van der Waals surface area contributed by atoms with Crippen molar-refractivity contribution in [3.8, 4) is 28.7 Å². The van der Waals surface area contributed by atoms with Crippen LogP contribution in [0.2, 0.25) is 10.0 Å². The molecule has 0 atom stereocenters. The average Bonchev–Trinajstić information content (AvgIpc) is 2.88. The number of aromatic hydroxyl groups is 1. The molecule has 3 aromatic rings. The van der Waals surface area contributed by atoms with E-state index in [-0.39, 0.29) is 17.5 Å². The van der Waals surface area contributed by atoms with Crippen LogP contribution in [-0.2, 0) is 0 Å². The van der Waals surface area contributed by atoms with Gasteiger partial charge in [0.05, 0.1) is 10.6 Å². The molecule has 0 bridgehead atoms. The number of benzene rings is 1. The second-order valence-corrected chi connectivity index (χ2v) is 4.76. The number of aromatic nitrogens is 3. The normalized spacial score (nSPS) is 10.7. The standard InChI is InChI=1S/C13H7Cl2N3O2/c14-7-3-4-8(10(19)6-7)13-17-12(18-20-13)11-9(15)2-1-5-16-11/h1-6,19H. The van der Waals surface area contributed by atoms with Gasteiger partial charge in [0.25, 0.3) is 5.89 Å². The van der Waals surface area contributed by atoms with Crippen LogP contribution in [0.25, 0.3) is 23.0 Å². The van der Waals surface area contributed by atoms with E-state index in [9.17, 15) is 5.11 Å². The van der Waals surface area contributed by atoms with Crippen molar-refractivity contribution in [2.24, 2.45) is 0 Å². The fraction of sp³-hybridized carbons (Fsp3) is 0. The minimum Gasteiger partial charge on any atom is -0.507 e. The second kappa shape index (κ2) is 5.11. The molecule has 2 aromatic heterocycles. The summed E-state index contributed by atoms with van der Waals surface area (Å²) in [6.07, 6.45) is 1.58. The first-order chi connectivity index (χ1) is 9.65. The Morgan fingerprint density at radius 1 is 1.15 bits per heavy atom. The lowest BCUT2D eigenvalue weighted by molar-refractivity contribution is 0.425. The van der Waals surface area contributed by atoms with Crippen molar-refractivity contribution in [2.45, 2.75) is 0 Å². The van der Waals surface area contributed by atoms with Gasteiger partial charge in [0.15, 0.2) is 0 Å². The van der Waals surface area contributed by atoms with Crippen LogP contribution < -0.4 is 0 Å². The van der Waals surface area contributed by atoms with Gasteiger partial charge in [-0.25, -0.2) is 0 Å². The third kappa shape index (κ3) is 2.33. The maximum Gasteiger partial charge on any atom is 0.262 e. The molecule has 20 heavy (non-hydrogen) atoms. The van der Waals surface area contributed by atoms with E-state index in [4.69, 9.17) is 27.7 Å². The van der Waals surface area contributed by atoms with Crippen molar-refractivity contribution < 1.29 is 9.63 Å². The van der Waals surface area contributed by atoms with E-state index in [0.29, 0.717) is 21.3 Å². The summed E-state index contributed by atoms with van der Waals surface area (Å²) in [6, 6.07) is 8.00. The van der Waals surface area contributed by atoms with Crippen molar-refractivity contribution in [2.75, 3.05) is 0 Å². The Balaban J connectivity index is 2.04. The summed E-state index contributed by atoms with van der Waals surface area (Å²) in [5.74, 6) is 0.371. The minimum atomic E-state index is -0.0418. The molecule has 0 aliphatic heterocycles. The summed E-state index contributed by atoms with van der Waals surface area (Å²) < 4.78 is 5.12. The molecule has 0 saturated carbocycles. The van der Waals surface area contributed by atoms with Gasteiger partial charge in [-0.1, -0.05) is 28.4 Å². The number of hydrogen-bond donors (Lipinski definition) is 1. The molecule has 0 saturated heterocycles. The van der Waals surface area contributed by atoms with E-state index >= 15 is 0 Å². The molecule has 0 spiro atoms. The zero-order valence-electron chi connectivity index (χ0n) is 9.92. The summed E-state index contributed by atoms with van der Waals surface area (Å²) in [7, 11) is 0. The molecule has 5 nitrogen and oxygen atoms in total. The van der Waals surface area contributed by atoms with E-state index in [1.165, 1.54) is 6.07 Å². The maximum absolute atomic E-state index is 9.83. The van der Waals surface area contributed by atoms with Gasteiger partial charge in [-0.15, -0.1) is 0 Å². The molecule has 1 aromatic carbocycles. The smallest absolute Gasteiger partial charge is 0.262 e. The van der Waals surface area contributed by atoms with E-state index in [2.05, 4.69) is 15.1 Å². The van der Waals surface area contributed by atoms with Crippen LogP contribution in [0.15, 0.2) is 41.1 Å². The topological polar surface area (TPSA) is 72.0 Å². The third-order valence-corrected chi connectivity index (χ3v) is 3.13. The zero-order valence-corrected chi connectivity index (χ0v) is 11.4. The highest BCUT2D eigenvalue weighted by Gasteiger charge is 2.16. The predicted molar refractivity (Wildman–Crippen MR) is 74.6 cm³/mol. The second-order valence-electron chi connectivity index (χ2n) is 3.92. The van der Waals surface area contributed by atoms with E-state index in [1.54, 1.807) is 30.5 Å². The average molecular weight is 308 g/mol. The van der Waals surface area contributed by atoms with Crippen molar-refractivity contribution in [1.29, 1.82) is 0 Å². The van der Waals surface area contributed by atoms with Crippen molar-refractivity contribution in [3.63, 3.8) is 0 Å². The summed E-state index contributed by atoms with van der Waals surface area (Å²) in [5, 5.41) is 14.5. The molecule has 0 amide bonds. The molecular weight excluding hydrogens is 301 g/mol. The molecule has 0 fully saturated rings. The fourth-order valence-electron chi connectivity index (χ4n) is 1.66. The first kappa shape index (κ1) is 12.9. The summed E-state index contributed by atoms with van der Waals surface area (Å²) in [4.78, 5) is 8.27. The van der Waals surface area contributed by atoms with Crippen LogP contribution in [0.3, 0.4) is 0 Å². The number of phenolic OH excluding ortho intramolecular Hbond substituents is 1. The predicted octanol–water partition coefficient (Wildman–Crippen LogP) is 3.81. The SMILES string of the molecule is Oc1cc(Cl)ccc1-c1nc(-c2ncccc2Cl)no1. The molecule has 3 rings (SSSR count). The van der Waals surface area contributed by atoms with Gasteiger partial charge >= 0.3 is 0 Å². The van der Waals surface area contributed by atoms with Gasteiger partial charge in [0.2, 0.25) is 5.82 Å². The van der Waals surface area contributed by atoms with Gasteiger partial charge in [-0.05, 0) is 30.3 Å². The lowest BCUT2D eigenvalue weighted by atomic mass is 10.2. The first-order valence-corrected chi connectivity index (χ1v) is 6.34. The van der Waals surface area contributed by atoms with Crippen LogP contribution in [0.5, 0.6) is 5.75 Å². The third-order valence-electron chi connectivity index (χ3n) is 2.59. The first-order valence-electron chi connectivity index (χ1n) is 5.58. The van der Waals surface area contributed by atoms with E-state index < -0.39 is 0 Å². The number of halogens is 2. The Kier molecular flexibility index (Phi) is 3.30. The van der Waals surface area contributed by atoms with E-state index in [0.717, 1.165) is 0 Å². The van der Waals surface area contributed by atoms with Crippen molar-refractivity contribution in [1.82, 2.24) is 15.1 Å². The van der Waals surface area contributed by atoms with Gasteiger partial charge in [-0.3, -0.25) is 4.98 Å². The Labute approximate surface area is 123 Å². The highest BCUT2D eigenvalue weighted by atomic mass is 35.5. The Morgan fingerprint density at radius 2 is 2.00 bits per heavy atom. The van der Waals surface area contributed by atoms with Gasteiger partial charge in [0.1, 0.15) is 11.4 Å². The zero-order chi connectivity index (χ0) is 14.1. The number of rotatable bonds is 2. The van der Waals surface area contributed by atoms with Crippen molar-refractivity contribution >= 4 is 23.2 Å². The molecule has 0 unspecified atom stereocenters. The largest absolute Gasteiger partial charge is 0.507 e. The molecule has 0 radical (unpaired) electrons. The Morgan fingerprint density at radius 3 is 2.75 bits per heavy atom. The Bertz CT molecular complexity index is 774. The molecule has 100 valence electrons. The molecule has 2 heterocycles. The molecule has 7 heteroatoms. The number of pyridine rings is 1.